The molecule has 102 valence electrons. The molecule has 0 saturated carbocycles. The summed E-state index contributed by atoms with van der Waals surface area (Å²) in [7, 11) is 0. The van der Waals surface area contributed by atoms with Crippen LogP contribution in [0.5, 0.6) is 0 Å². The van der Waals surface area contributed by atoms with E-state index in [9.17, 15) is 19.5 Å². The van der Waals surface area contributed by atoms with Crippen molar-refractivity contribution in [1.82, 2.24) is 0 Å². The van der Waals surface area contributed by atoms with Crippen molar-refractivity contribution < 1.29 is 19.5 Å². The Balaban J connectivity index is 1.92. The van der Waals surface area contributed by atoms with Crippen molar-refractivity contribution in [1.29, 1.82) is 0 Å². The lowest BCUT2D eigenvalue weighted by molar-refractivity contribution is -0.255. The molecule has 2 aliphatic rings. The topological polar surface area (TPSA) is 77.5 Å². The zero-order valence-corrected chi connectivity index (χ0v) is 10.6. The molecule has 1 aliphatic heterocycles. The van der Waals surface area contributed by atoms with Crippen LogP contribution in [0.1, 0.15) is 23.2 Å². The molecule has 0 aromatic heterocycles. The zero-order chi connectivity index (χ0) is 14.3. The van der Waals surface area contributed by atoms with Gasteiger partial charge in [-0.05, 0) is 30.5 Å². The largest absolute Gasteiger partial charge is 0.545 e. The van der Waals surface area contributed by atoms with Crippen LogP contribution in [-0.2, 0) is 9.59 Å². The molecule has 1 saturated heterocycles. The molecule has 3 rings (SSSR count). The maximum atomic E-state index is 12.3. The Hall–Kier alpha value is -2.43. The molecule has 1 aromatic carbocycles. The van der Waals surface area contributed by atoms with Gasteiger partial charge in [0, 0.05) is 0 Å². The lowest BCUT2D eigenvalue weighted by Gasteiger charge is -2.15. The highest BCUT2D eigenvalue weighted by molar-refractivity contribution is 6.22. The van der Waals surface area contributed by atoms with Gasteiger partial charge in [0.2, 0.25) is 11.8 Å². The van der Waals surface area contributed by atoms with Gasteiger partial charge in [-0.2, -0.15) is 0 Å². The second-order valence-corrected chi connectivity index (χ2v) is 5.00. The Morgan fingerprint density at radius 3 is 1.95 bits per heavy atom. The zero-order valence-electron chi connectivity index (χ0n) is 10.6. The molecule has 2 atom stereocenters. The molecule has 0 radical (unpaired) electrons. The number of carbonyl (C=O) groups is 3. The van der Waals surface area contributed by atoms with Crippen LogP contribution >= 0.6 is 0 Å². The lowest BCUT2D eigenvalue weighted by Crippen LogP contribution is -2.31. The van der Waals surface area contributed by atoms with Crippen molar-refractivity contribution in [2.45, 2.75) is 12.8 Å². The Kier molecular flexibility index (Phi) is 2.89. The van der Waals surface area contributed by atoms with Gasteiger partial charge in [-0.15, -0.1) is 0 Å². The Labute approximate surface area is 115 Å². The monoisotopic (exact) mass is 270 g/mol. The lowest BCUT2D eigenvalue weighted by atomic mass is 9.85. The van der Waals surface area contributed by atoms with Crippen molar-refractivity contribution in [3.63, 3.8) is 0 Å². The molecule has 1 aliphatic carbocycles. The predicted molar refractivity (Wildman–Crippen MR) is 68.6 cm³/mol. The van der Waals surface area contributed by atoms with E-state index in [1.165, 1.54) is 29.2 Å². The number of amides is 2. The summed E-state index contributed by atoms with van der Waals surface area (Å²) in [5.41, 5.74) is 0.436. The number of hydrogen-bond acceptors (Lipinski definition) is 4. The summed E-state index contributed by atoms with van der Waals surface area (Å²) < 4.78 is 0. The smallest absolute Gasteiger partial charge is 0.238 e. The van der Waals surface area contributed by atoms with E-state index in [4.69, 9.17) is 0 Å². The molecular formula is C15H12NO4-. The highest BCUT2D eigenvalue weighted by Crippen LogP contribution is 2.37. The third kappa shape index (κ3) is 1.82. The fraction of sp³-hybridized carbons (Fsp3) is 0.267. The van der Waals surface area contributed by atoms with Gasteiger partial charge in [0.25, 0.3) is 0 Å². The summed E-state index contributed by atoms with van der Waals surface area (Å²) >= 11 is 0. The number of carboxylic acids is 1. The molecule has 2 amide bonds. The Morgan fingerprint density at radius 1 is 1.00 bits per heavy atom. The van der Waals surface area contributed by atoms with Crippen LogP contribution in [0.3, 0.4) is 0 Å². The SMILES string of the molecule is O=C([O-])c1ccc(N2C(=O)C3CC=CCC3C2=O)cc1. The molecule has 1 aromatic rings. The van der Waals surface area contributed by atoms with Crippen molar-refractivity contribution >= 4 is 23.5 Å². The quantitative estimate of drug-likeness (QED) is 0.579. The normalized spacial score (nSPS) is 24.9. The number of benzene rings is 1. The molecule has 1 heterocycles. The van der Waals surface area contributed by atoms with Gasteiger partial charge in [-0.3, -0.25) is 14.5 Å². The van der Waals surface area contributed by atoms with Crippen LogP contribution in [0.25, 0.3) is 0 Å². The van der Waals surface area contributed by atoms with Gasteiger partial charge in [-0.1, -0.05) is 24.3 Å². The number of rotatable bonds is 2. The van der Waals surface area contributed by atoms with E-state index < -0.39 is 5.97 Å². The maximum Gasteiger partial charge on any atom is 0.238 e. The van der Waals surface area contributed by atoms with Gasteiger partial charge >= 0.3 is 0 Å². The summed E-state index contributed by atoms with van der Waals surface area (Å²) in [6.07, 6.45) is 5.02. The summed E-state index contributed by atoms with van der Waals surface area (Å²) in [5, 5.41) is 10.7. The average Bonchev–Trinajstić information content (AvgIpc) is 2.72. The van der Waals surface area contributed by atoms with Gasteiger partial charge in [0.15, 0.2) is 0 Å². The fourth-order valence-corrected chi connectivity index (χ4v) is 2.80. The second-order valence-electron chi connectivity index (χ2n) is 5.00. The fourth-order valence-electron chi connectivity index (χ4n) is 2.80. The predicted octanol–water partition coefficient (Wildman–Crippen LogP) is 0.506. The maximum absolute atomic E-state index is 12.3. The molecule has 0 bridgehead atoms. The summed E-state index contributed by atoms with van der Waals surface area (Å²) in [6, 6.07) is 5.61. The summed E-state index contributed by atoms with van der Waals surface area (Å²) in [5.74, 6) is -2.26. The molecule has 20 heavy (non-hydrogen) atoms. The van der Waals surface area contributed by atoms with Gasteiger partial charge in [-0.25, -0.2) is 0 Å². The molecule has 0 spiro atoms. The first-order chi connectivity index (χ1) is 9.59. The van der Waals surface area contributed by atoms with E-state index in [1.807, 2.05) is 12.2 Å². The van der Waals surface area contributed by atoms with Crippen molar-refractivity contribution in [3.8, 4) is 0 Å². The highest BCUT2D eigenvalue weighted by Gasteiger charge is 2.47. The number of imide groups is 1. The highest BCUT2D eigenvalue weighted by atomic mass is 16.4. The summed E-state index contributed by atoms with van der Waals surface area (Å²) in [6.45, 7) is 0. The first kappa shape index (κ1) is 12.6. The van der Waals surface area contributed by atoms with Crippen LogP contribution in [0, 0.1) is 11.8 Å². The van der Waals surface area contributed by atoms with Gasteiger partial charge in [0.05, 0.1) is 23.5 Å². The Morgan fingerprint density at radius 2 is 1.50 bits per heavy atom. The van der Waals surface area contributed by atoms with Crippen LogP contribution in [-0.4, -0.2) is 17.8 Å². The molecular weight excluding hydrogens is 258 g/mol. The van der Waals surface area contributed by atoms with E-state index in [-0.39, 0.29) is 29.2 Å². The third-order valence-corrected chi connectivity index (χ3v) is 3.87. The number of hydrogen-bond donors (Lipinski definition) is 0. The standard InChI is InChI=1S/C15H13NO4/c17-13-11-3-1-2-4-12(11)14(18)16(13)10-7-5-9(6-8-10)15(19)20/h1-2,5-8,11-12H,3-4H2,(H,19,20)/p-1. The number of allylic oxidation sites excluding steroid dienone is 2. The number of carbonyl (C=O) groups excluding carboxylic acids is 3. The second kappa shape index (κ2) is 4.59. The van der Waals surface area contributed by atoms with E-state index >= 15 is 0 Å². The van der Waals surface area contributed by atoms with Crippen molar-refractivity contribution in [2.75, 3.05) is 4.90 Å². The first-order valence-electron chi connectivity index (χ1n) is 6.44. The van der Waals surface area contributed by atoms with Crippen LogP contribution in [0.2, 0.25) is 0 Å². The van der Waals surface area contributed by atoms with Crippen LogP contribution < -0.4 is 10.0 Å². The van der Waals surface area contributed by atoms with Crippen molar-refractivity contribution in [2.24, 2.45) is 11.8 Å². The van der Waals surface area contributed by atoms with Gasteiger partial charge < -0.3 is 9.90 Å². The molecule has 5 nitrogen and oxygen atoms in total. The van der Waals surface area contributed by atoms with Crippen molar-refractivity contribution in [3.05, 3.63) is 42.0 Å². The number of nitrogens with zero attached hydrogens (tertiary/aromatic N) is 1. The molecule has 0 N–H and O–H groups in total. The number of fused-ring (bicyclic) bond motifs is 1. The number of aromatic carboxylic acids is 1. The minimum absolute atomic E-state index is 0.0203. The molecule has 1 fully saturated rings. The first-order valence-corrected chi connectivity index (χ1v) is 6.44. The molecule has 5 heteroatoms. The van der Waals surface area contributed by atoms with E-state index in [0.717, 1.165) is 0 Å². The third-order valence-electron chi connectivity index (χ3n) is 3.87. The van der Waals surface area contributed by atoms with Crippen LogP contribution in [0.4, 0.5) is 5.69 Å². The minimum Gasteiger partial charge on any atom is -0.545 e. The number of carboxylic acid groups (broad SMARTS) is 1. The summed E-state index contributed by atoms with van der Waals surface area (Å²) in [4.78, 5) is 36.5. The van der Waals surface area contributed by atoms with E-state index in [0.29, 0.717) is 18.5 Å². The minimum atomic E-state index is -1.28. The Bertz CT molecular complexity index is 591. The van der Waals surface area contributed by atoms with E-state index in [2.05, 4.69) is 0 Å². The van der Waals surface area contributed by atoms with Gasteiger partial charge in [0.1, 0.15) is 0 Å². The molecule has 2 unspecified atom stereocenters. The van der Waals surface area contributed by atoms with Crippen LogP contribution in [0.15, 0.2) is 36.4 Å². The van der Waals surface area contributed by atoms with E-state index in [1.54, 1.807) is 0 Å². The number of anilines is 1. The average molecular weight is 270 g/mol.